The quantitative estimate of drug-likeness (QED) is 0.627. The number of aromatic nitrogens is 6. The maximum atomic E-state index is 13.7. The maximum absolute atomic E-state index is 13.7. The van der Waals surface area contributed by atoms with E-state index in [0.29, 0.717) is 30.4 Å². The Bertz CT molecular complexity index is 1160. The first-order valence-electron chi connectivity index (χ1n) is 10.5. The summed E-state index contributed by atoms with van der Waals surface area (Å²) in [7, 11) is 0. The highest BCUT2D eigenvalue weighted by Crippen LogP contribution is 2.49. The third-order valence-electron chi connectivity index (χ3n) is 6.32. The second-order valence-electron chi connectivity index (χ2n) is 8.53. The Morgan fingerprint density at radius 2 is 1.88 bits per heavy atom. The largest absolute Gasteiger partial charge is 0.419 e. The van der Waals surface area contributed by atoms with Gasteiger partial charge in [0.05, 0.1) is 23.5 Å². The second kappa shape index (κ2) is 7.78. The molecule has 3 aliphatic rings. The van der Waals surface area contributed by atoms with Gasteiger partial charge in [-0.3, -0.25) is 4.79 Å². The van der Waals surface area contributed by atoms with Crippen molar-refractivity contribution in [3.63, 3.8) is 0 Å². The number of aryl methyl sites for hydroxylation is 1. The highest BCUT2D eigenvalue weighted by atomic mass is 19.4. The van der Waals surface area contributed by atoms with Gasteiger partial charge in [-0.2, -0.15) is 23.4 Å². The molecule has 1 aliphatic carbocycles. The number of piperidine rings is 2. The van der Waals surface area contributed by atoms with Gasteiger partial charge in [0.15, 0.2) is 5.69 Å². The molecule has 5 heterocycles. The standard InChI is InChI=1S/C21H21F3N8O/c1-13-2-3-16(32-28-5-6-29-32)17(30-13)18(33)31-7-4-14-8-20(31,9-14)12-27-19-25-10-15(11-26-19)21(22,23)24/h2-3,5-6,10-11,14H,4,7-9,12H2,1H3,(H,25,26,27). The molecule has 0 spiro atoms. The normalized spacial score (nSPS) is 22.1. The van der Waals surface area contributed by atoms with E-state index in [-0.39, 0.29) is 17.5 Å². The van der Waals surface area contributed by atoms with Crippen LogP contribution in [-0.4, -0.2) is 59.4 Å². The molecule has 1 amide bonds. The molecule has 172 valence electrons. The molecule has 0 atom stereocenters. The zero-order valence-corrected chi connectivity index (χ0v) is 17.7. The Hall–Kier alpha value is -3.57. The van der Waals surface area contributed by atoms with Gasteiger partial charge in [0, 0.05) is 31.2 Å². The van der Waals surface area contributed by atoms with Crippen LogP contribution in [0.25, 0.3) is 5.69 Å². The number of hydrogen-bond donors (Lipinski definition) is 1. The number of fused-ring (bicyclic) bond motifs is 2. The van der Waals surface area contributed by atoms with Gasteiger partial charge < -0.3 is 10.2 Å². The van der Waals surface area contributed by atoms with Crippen LogP contribution in [0.15, 0.2) is 36.9 Å². The molecule has 1 N–H and O–H groups in total. The smallest absolute Gasteiger partial charge is 0.352 e. The van der Waals surface area contributed by atoms with Crippen molar-refractivity contribution in [3.05, 3.63) is 53.9 Å². The van der Waals surface area contributed by atoms with E-state index in [9.17, 15) is 18.0 Å². The fourth-order valence-electron chi connectivity index (χ4n) is 4.69. The third-order valence-corrected chi connectivity index (χ3v) is 6.32. The van der Waals surface area contributed by atoms with Gasteiger partial charge in [-0.25, -0.2) is 15.0 Å². The number of rotatable bonds is 5. The van der Waals surface area contributed by atoms with Crippen molar-refractivity contribution in [3.8, 4) is 5.69 Å². The van der Waals surface area contributed by atoms with Crippen molar-refractivity contribution in [1.82, 2.24) is 34.8 Å². The Morgan fingerprint density at radius 3 is 2.55 bits per heavy atom. The topological polar surface area (TPSA) is 102 Å². The van der Waals surface area contributed by atoms with Crippen LogP contribution in [0.1, 0.15) is 41.0 Å². The predicted molar refractivity (Wildman–Crippen MR) is 111 cm³/mol. The van der Waals surface area contributed by atoms with E-state index >= 15 is 0 Å². The number of nitrogens with zero attached hydrogens (tertiary/aromatic N) is 7. The molecule has 2 saturated heterocycles. The minimum atomic E-state index is -4.49. The Morgan fingerprint density at radius 1 is 1.18 bits per heavy atom. The molecular formula is C21H21F3N8O. The molecule has 1 saturated carbocycles. The lowest BCUT2D eigenvalue weighted by Gasteiger charge is -2.59. The molecule has 0 unspecified atom stereocenters. The number of pyridine rings is 1. The first-order chi connectivity index (χ1) is 15.7. The Kier molecular flexibility index (Phi) is 5.02. The lowest BCUT2D eigenvalue weighted by atomic mass is 9.62. The fourth-order valence-corrected chi connectivity index (χ4v) is 4.69. The summed E-state index contributed by atoms with van der Waals surface area (Å²) in [5.74, 6) is 0.385. The SMILES string of the molecule is Cc1ccc(-n2nccn2)c(C(=O)N2CCC3CC2(CNc2ncc(C(F)(F)F)cn2)C3)n1. The third kappa shape index (κ3) is 3.89. The number of anilines is 1. The molecule has 2 aliphatic heterocycles. The summed E-state index contributed by atoms with van der Waals surface area (Å²) in [6.07, 6.45) is 2.56. The van der Waals surface area contributed by atoms with Crippen molar-refractivity contribution in [1.29, 1.82) is 0 Å². The molecule has 3 aromatic rings. The van der Waals surface area contributed by atoms with E-state index < -0.39 is 17.3 Å². The van der Waals surface area contributed by atoms with Gasteiger partial charge in [0.2, 0.25) is 5.95 Å². The van der Waals surface area contributed by atoms with Crippen molar-refractivity contribution >= 4 is 11.9 Å². The van der Waals surface area contributed by atoms with Crippen LogP contribution in [-0.2, 0) is 6.18 Å². The van der Waals surface area contributed by atoms with Crippen LogP contribution >= 0.6 is 0 Å². The summed E-state index contributed by atoms with van der Waals surface area (Å²) in [6, 6.07) is 3.56. The number of alkyl halides is 3. The van der Waals surface area contributed by atoms with Crippen LogP contribution in [0.3, 0.4) is 0 Å². The van der Waals surface area contributed by atoms with Crippen molar-refractivity contribution in [2.45, 2.75) is 37.9 Å². The van der Waals surface area contributed by atoms with Crippen molar-refractivity contribution in [2.75, 3.05) is 18.4 Å². The minimum absolute atomic E-state index is 0.0916. The molecule has 2 bridgehead atoms. The van der Waals surface area contributed by atoms with Crippen LogP contribution < -0.4 is 5.32 Å². The van der Waals surface area contributed by atoms with Crippen LogP contribution in [0, 0.1) is 12.8 Å². The van der Waals surface area contributed by atoms with Crippen LogP contribution in [0.2, 0.25) is 0 Å². The predicted octanol–water partition coefficient (Wildman–Crippen LogP) is 2.89. The van der Waals surface area contributed by atoms with E-state index in [4.69, 9.17) is 0 Å². The number of amides is 1. The highest BCUT2D eigenvalue weighted by Gasteiger charge is 2.54. The van der Waals surface area contributed by atoms with E-state index in [1.54, 1.807) is 12.1 Å². The summed E-state index contributed by atoms with van der Waals surface area (Å²) in [4.78, 5) is 28.9. The number of carbonyl (C=O) groups excluding carboxylic acids is 1. The molecule has 0 aromatic carbocycles. The molecule has 9 nitrogen and oxygen atoms in total. The van der Waals surface area contributed by atoms with Gasteiger partial charge >= 0.3 is 6.18 Å². The summed E-state index contributed by atoms with van der Waals surface area (Å²) < 4.78 is 38.3. The second-order valence-corrected chi connectivity index (χ2v) is 8.53. The van der Waals surface area contributed by atoms with Gasteiger partial charge in [-0.1, -0.05) is 0 Å². The Labute approximate surface area is 187 Å². The molecule has 3 aromatic heterocycles. The minimum Gasteiger partial charge on any atom is -0.352 e. The Balaban J connectivity index is 1.38. The summed E-state index contributed by atoms with van der Waals surface area (Å²) >= 11 is 0. The molecule has 6 rings (SSSR count). The van der Waals surface area contributed by atoms with Gasteiger partial charge in [0.25, 0.3) is 5.91 Å². The number of halogens is 3. The number of hydrogen-bond acceptors (Lipinski definition) is 7. The number of nitrogens with one attached hydrogen (secondary N) is 1. The molecule has 12 heteroatoms. The number of carbonyl (C=O) groups is 1. The van der Waals surface area contributed by atoms with Crippen molar-refractivity contribution in [2.24, 2.45) is 5.92 Å². The monoisotopic (exact) mass is 458 g/mol. The molecule has 33 heavy (non-hydrogen) atoms. The summed E-state index contributed by atoms with van der Waals surface area (Å²) in [5.41, 5.74) is 0.0671. The lowest BCUT2D eigenvalue weighted by molar-refractivity contribution is -0.138. The van der Waals surface area contributed by atoms with Crippen LogP contribution in [0.5, 0.6) is 0 Å². The maximum Gasteiger partial charge on any atom is 0.419 e. The molecule has 3 fully saturated rings. The van der Waals surface area contributed by atoms with E-state index in [1.165, 1.54) is 17.2 Å². The first-order valence-corrected chi connectivity index (χ1v) is 10.5. The zero-order valence-electron chi connectivity index (χ0n) is 17.7. The van der Waals surface area contributed by atoms with Crippen LogP contribution in [0.4, 0.5) is 19.1 Å². The van der Waals surface area contributed by atoms with E-state index in [1.807, 2.05) is 11.8 Å². The van der Waals surface area contributed by atoms with Gasteiger partial charge in [-0.05, 0) is 44.2 Å². The first kappa shape index (κ1) is 21.3. The average Bonchev–Trinajstić information content (AvgIpc) is 3.31. The highest BCUT2D eigenvalue weighted by molar-refractivity contribution is 5.96. The van der Waals surface area contributed by atoms with Gasteiger partial charge in [0.1, 0.15) is 5.69 Å². The summed E-state index contributed by atoms with van der Waals surface area (Å²) in [5, 5.41) is 11.3. The molecular weight excluding hydrogens is 437 g/mol. The summed E-state index contributed by atoms with van der Waals surface area (Å²) in [6.45, 7) is 2.72. The van der Waals surface area contributed by atoms with Gasteiger partial charge in [-0.15, -0.1) is 4.80 Å². The molecule has 0 radical (unpaired) electrons. The van der Waals surface area contributed by atoms with E-state index in [0.717, 1.165) is 31.7 Å². The van der Waals surface area contributed by atoms with Crippen molar-refractivity contribution < 1.29 is 18.0 Å². The average molecular weight is 458 g/mol. The lowest BCUT2D eigenvalue weighted by Crippen LogP contribution is -2.67. The fraction of sp³-hybridized carbons (Fsp3) is 0.429. The zero-order chi connectivity index (χ0) is 23.2. The van der Waals surface area contributed by atoms with E-state index in [2.05, 4.69) is 30.5 Å².